The van der Waals surface area contributed by atoms with Gasteiger partial charge in [-0.05, 0) is 26.7 Å². The zero-order valence-corrected chi connectivity index (χ0v) is 8.62. The predicted molar refractivity (Wildman–Crippen MR) is 57.3 cm³/mol. The van der Waals surface area contributed by atoms with Crippen LogP contribution in [0.5, 0.6) is 0 Å². The third-order valence-corrected chi connectivity index (χ3v) is 2.33. The smallest absolute Gasteiger partial charge is 0.130 e. The average molecular weight is 189 g/mol. The Morgan fingerprint density at radius 3 is 2.57 bits per heavy atom. The van der Waals surface area contributed by atoms with Gasteiger partial charge < -0.3 is 5.32 Å². The number of hydrogen-bond acceptors (Lipinski definition) is 3. The van der Waals surface area contributed by atoms with Gasteiger partial charge in [0.15, 0.2) is 0 Å². The summed E-state index contributed by atoms with van der Waals surface area (Å²) in [5.74, 6) is 1.78. The summed E-state index contributed by atoms with van der Waals surface area (Å²) in [5.41, 5.74) is 1.02. The molecule has 1 aromatic rings. The molecule has 1 heterocycles. The van der Waals surface area contributed by atoms with Crippen LogP contribution in [0.25, 0.3) is 0 Å². The van der Waals surface area contributed by atoms with Gasteiger partial charge in [0.25, 0.3) is 0 Å². The van der Waals surface area contributed by atoms with Gasteiger partial charge in [0, 0.05) is 17.8 Å². The Labute approximate surface area is 84.3 Å². The second kappa shape index (κ2) is 3.78. The maximum atomic E-state index is 4.35. The Balaban J connectivity index is 2.08. The van der Waals surface area contributed by atoms with E-state index >= 15 is 0 Å². The summed E-state index contributed by atoms with van der Waals surface area (Å²) in [7, 11) is 0. The highest BCUT2D eigenvalue weighted by Gasteiger charge is 2.10. The molecule has 0 unspecified atom stereocenters. The van der Waals surface area contributed by atoms with Crippen molar-refractivity contribution in [3.05, 3.63) is 29.7 Å². The number of anilines is 1. The molecular formula is C11H15N3. The molecule has 0 bridgehead atoms. The van der Waals surface area contributed by atoms with Crippen molar-refractivity contribution in [2.45, 2.75) is 32.7 Å². The van der Waals surface area contributed by atoms with E-state index in [1.807, 2.05) is 19.9 Å². The van der Waals surface area contributed by atoms with Crippen LogP contribution in [-0.2, 0) is 0 Å². The van der Waals surface area contributed by atoms with Crippen LogP contribution in [0, 0.1) is 13.8 Å². The molecule has 0 aromatic carbocycles. The quantitative estimate of drug-likeness (QED) is 0.725. The monoisotopic (exact) mass is 189 g/mol. The minimum Gasteiger partial charge on any atom is -0.367 e. The van der Waals surface area contributed by atoms with Crippen molar-refractivity contribution >= 4 is 5.82 Å². The van der Waals surface area contributed by atoms with Gasteiger partial charge >= 0.3 is 0 Å². The highest BCUT2D eigenvalue weighted by molar-refractivity contribution is 5.37. The highest BCUT2D eigenvalue weighted by Crippen LogP contribution is 2.15. The molecule has 0 saturated heterocycles. The lowest BCUT2D eigenvalue weighted by molar-refractivity contribution is 0.777. The van der Waals surface area contributed by atoms with Crippen LogP contribution in [0.1, 0.15) is 24.4 Å². The van der Waals surface area contributed by atoms with E-state index in [2.05, 4.69) is 27.4 Å². The molecule has 1 aromatic heterocycles. The van der Waals surface area contributed by atoms with E-state index in [1.54, 1.807) is 0 Å². The van der Waals surface area contributed by atoms with Crippen LogP contribution in [0.15, 0.2) is 18.2 Å². The molecule has 0 aliphatic heterocycles. The molecular weight excluding hydrogens is 174 g/mol. The van der Waals surface area contributed by atoms with Crippen LogP contribution in [-0.4, -0.2) is 16.0 Å². The van der Waals surface area contributed by atoms with Crippen molar-refractivity contribution in [2.24, 2.45) is 0 Å². The minimum absolute atomic E-state index is 0.517. The van der Waals surface area contributed by atoms with E-state index < -0.39 is 0 Å². The average Bonchev–Trinajstić information content (AvgIpc) is 2.54. The van der Waals surface area contributed by atoms with E-state index in [4.69, 9.17) is 0 Å². The van der Waals surface area contributed by atoms with Crippen LogP contribution < -0.4 is 5.32 Å². The SMILES string of the molecule is Cc1cc(NC2CC=CC2)nc(C)n1. The second-order valence-electron chi connectivity index (χ2n) is 3.73. The topological polar surface area (TPSA) is 37.8 Å². The summed E-state index contributed by atoms with van der Waals surface area (Å²) < 4.78 is 0. The normalized spacial score (nSPS) is 16.1. The molecule has 0 amide bonds. The van der Waals surface area contributed by atoms with Gasteiger partial charge in [-0.2, -0.15) is 0 Å². The van der Waals surface area contributed by atoms with Gasteiger partial charge in [0.2, 0.25) is 0 Å². The predicted octanol–water partition coefficient (Wildman–Crippen LogP) is 2.22. The first-order chi connectivity index (χ1) is 6.74. The largest absolute Gasteiger partial charge is 0.367 e. The molecule has 74 valence electrons. The van der Waals surface area contributed by atoms with Crippen molar-refractivity contribution in [3.63, 3.8) is 0 Å². The Morgan fingerprint density at radius 1 is 1.21 bits per heavy atom. The lowest BCUT2D eigenvalue weighted by atomic mass is 10.2. The van der Waals surface area contributed by atoms with Crippen molar-refractivity contribution in [1.82, 2.24) is 9.97 Å². The standard InChI is InChI=1S/C11H15N3/c1-8-7-11(13-9(2)12-8)14-10-5-3-4-6-10/h3-4,7,10H,5-6H2,1-2H3,(H,12,13,14). The van der Waals surface area contributed by atoms with Crippen LogP contribution in [0.2, 0.25) is 0 Å². The van der Waals surface area contributed by atoms with E-state index in [9.17, 15) is 0 Å². The van der Waals surface area contributed by atoms with Gasteiger partial charge in [-0.1, -0.05) is 12.2 Å². The van der Waals surface area contributed by atoms with Crippen molar-refractivity contribution < 1.29 is 0 Å². The number of hydrogen-bond donors (Lipinski definition) is 1. The lowest BCUT2D eigenvalue weighted by Gasteiger charge is -2.13. The summed E-state index contributed by atoms with van der Waals surface area (Å²) in [6.45, 7) is 3.91. The van der Waals surface area contributed by atoms with Crippen molar-refractivity contribution in [2.75, 3.05) is 5.32 Å². The summed E-state index contributed by atoms with van der Waals surface area (Å²) >= 11 is 0. The van der Waals surface area contributed by atoms with Crippen LogP contribution in [0.3, 0.4) is 0 Å². The molecule has 1 aliphatic rings. The van der Waals surface area contributed by atoms with Crippen molar-refractivity contribution in [1.29, 1.82) is 0 Å². The van der Waals surface area contributed by atoms with Crippen LogP contribution >= 0.6 is 0 Å². The first kappa shape index (κ1) is 9.19. The Morgan fingerprint density at radius 2 is 1.93 bits per heavy atom. The molecule has 0 radical (unpaired) electrons. The molecule has 3 heteroatoms. The zero-order chi connectivity index (χ0) is 9.97. The van der Waals surface area contributed by atoms with Crippen LogP contribution in [0.4, 0.5) is 5.82 Å². The number of rotatable bonds is 2. The molecule has 3 nitrogen and oxygen atoms in total. The summed E-state index contributed by atoms with van der Waals surface area (Å²) in [6.07, 6.45) is 6.61. The van der Waals surface area contributed by atoms with Gasteiger partial charge in [-0.3, -0.25) is 0 Å². The van der Waals surface area contributed by atoms with E-state index in [1.165, 1.54) is 0 Å². The third-order valence-electron chi connectivity index (χ3n) is 2.33. The first-order valence-electron chi connectivity index (χ1n) is 4.98. The summed E-state index contributed by atoms with van der Waals surface area (Å²) in [4.78, 5) is 8.59. The van der Waals surface area contributed by atoms with E-state index in [0.29, 0.717) is 6.04 Å². The molecule has 0 spiro atoms. The second-order valence-corrected chi connectivity index (χ2v) is 3.73. The first-order valence-corrected chi connectivity index (χ1v) is 4.98. The molecule has 14 heavy (non-hydrogen) atoms. The number of aryl methyl sites for hydroxylation is 2. The van der Waals surface area contributed by atoms with Gasteiger partial charge in [0.05, 0.1) is 0 Å². The molecule has 1 N–H and O–H groups in total. The number of nitrogens with one attached hydrogen (secondary N) is 1. The molecule has 0 fully saturated rings. The highest BCUT2D eigenvalue weighted by atomic mass is 15.0. The minimum atomic E-state index is 0.517. The fourth-order valence-corrected chi connectivity index (χ4v) is 1.74. The molecule has 0 saturated carbocycles. The van der Waals surface area contributed by atoms with E-state index in [0.717, 1.165) is 30.2 Å². The Hall–Kier alpha value is -1.38. The Kier molecular flexibility index (Phi) is 2.48. The van der Waals surface area contributed by atoms with Gasteiger partial charge in [-0.25, -0.2) is 9.97 Å². The fraction of sp³-hybridized carbons (Fsp3) is 0.455. The zero-order valence-electron chi connectivity index (χ0n) is 8.62. The lowest BCUT2D eigenvalue weighted by Crippen LogP contribution is -2.16. The Bertz CT molecular complexity index is 329. The van der Waals surface area contributed by atoms with E-state index in [-0.39, 0.29) is 0 Å². The molecule has 0 atom stereocenters. The van der Waals surface area contributed by atoms with Gasteiger partial charge in [-0.15, -0.1) is 0 Å². The fourth-order valence-electron chi connectivity index (χ4n) is 1.74. The summed E-state index contributed by atoms with van der Waals surface area (Å²) in [6, 6.07) is 2.51. The summed E-state index contributed by atoms with van der Waals surface area (Å²) in [5, 5.41) is 3.41. The third kappa shape index (κ3) is 2.10. The maximum Gasteiger partial charge on any atom is 0.130 e. The van der Waals surface area contributed by atoms with Crippen molar-refractivity contribution in [3.8, 4) is 0 Å². The molecule has 2 rings (SSSR count). The number of nitrogens with zero attached hydrogens (tertiary/aromatic N) is 2. The van der Waals surface area contributed by atoms with Gasteiger partial charge in [0.1, 0.15) is 11.6 Å². The molecule has 1 aliphatic carbocycles. The maximum absolute atomic E-state index is 4.35. The number of aromatic nitrogens is 2.